The van der Waals surface area contributed by atoms with E-state index < -0.39 is 24.0 Å². The Balaban J connectivity index is 1.79. The quantitative estimate of drug-likeness (QED) is 0.400. The summed E-state index contributed by atoms with van der Waals surface area (Å²) in [6, 6.07) is 4.55. The van der Waals surface area contributed by atoms with E-state index in [4.69, 9.17) is 17.3 Å². The number of amidine groups is 1. The zero-order valence-electron chi connectivity index (χ0n) is 17.3. The van der Waals surface area contributed by atoms with E-state index in [2.05, 4.69) is 19.7 Å². The van der Waals surface area contributed by atoms with Gasteiger partial charge in [-0.2, -0.15) is 17.6 Å². The van der Waals surface area contributed by atoms with Crippen molar-refractivity contribution in [1.82, 2.24) is 9.97 Å². The van der Waals surface area contributed by atoms with E-state index in [9.17, 15) is 22.4 Å². The first-order valence-electron chi connectivity index (χ1n) is 9.64. The van der Waals surface area contributed by atoms with Gasteiger partial charge in [-0.1, -0.05) is 23.4 Å². The van der Waals surface area contributed by atoms with Gasteiger partial charge in [-0.3, -0.25) is 14.8 Å². The number of ether oxygens (including phenoxy) is 1. The van der Waals surface area contributed by atoms with E-state index in [-0.39, 0.29) is 39.7 Å². The molecule has 1 aliphatic heterocycles. The van der Waals surface area contributed by atoms with Gasteiger partial charge in [0.2, 0.25) is 0 Å². The SMILES string of the molecule is C[C@@]1(c2cc(CC(=O)c3ncc(C=C(F)F)cc3Cl)ccn2)C[C@@H](COC(F)F)SC(N)=N1. The number of Topliss-reactive ketones (excluding diaryl/α,β-unsaturated/α-hetero) is 1. The predicted molar refractivity (Wildman–Crippen MR) is 119 cm³/mol. The lowest BCUT2D eigenvalue weighted by molar-refractivity contribution is -0.128. The van der Waals surface area contributed by atoms with Crippen LogP contribution in [-0.2, 0) is 16.7 Å². The average Bonchev–Trinajstić information content (AvgIpc) is 2.71. The van der Waals surface area contributed by atoms with Gasteiger partial charge in [0, 0.05) is 30.1 Å². The molecule has 12 heteroatoms. The molecule has 0 fully saturated rings. The van der Waals surface area contributed by atoms with Crippen LogP contribution in [0.3, 0.4) is 0 Å². The lowest BCUT2D eigenvalue weighted by atomic mass is 9.90. The Hall–Kier alpha value is -2.50. The normalized spacial score (nSPS) is 20.5. The number of halogens is 5. The Morgan fingerprint density at radius 1 is 1.39 bits per heavy atom. The maximum Gasteiger partial charge on any atom is 0.345 e. The van der Waals surface area contributed by atoms with Crippen LogP contribution in [0.1, 0.15) is 40.7 Å². The maximum absolute atomic E-state index is 12.7. The molecule has 0 saturated carbocycles. The number of ketones is 1. The van der Waals surface area contributed by atoms with Gasteiger partial charge in [-0.25, -0.2) is 4.99 Å². The van der Waals surface area contributed by atoms with Gasteiger partial charge < -0.3 is 10.5 Å². The second-order valence-electron chi connectivity index (χ2n) is 7.44. The highest BCUT2D eigenvalue weighted by Crippen LogP contribution is 2.38. The standard InChI is InChI=1S/C21H19ClF4N4O2S/c1-21(8-13(10-32-19(25)26)33-20(27)30-21)16-6-11(2-3-28-16)5-15(31)18-14(22)4-12(9-29-18)7-17(23)24/h2-4,6-7,9,13,19H,5,8,10H2,1H3,(H2,27,30)/t13-,21-/m0/s1. The lowest BCUT2D eigenvalue weighted by Gasteiger charge is -2.33. The van der Waals surface area contributed by atoms with E-state index in [0.717, 1.165) is 18.0 Å². The average molecular weight is 503 g/mol. The number of alkyl halides is 2. The largest absolute Gasteiger partial charge is 0.379 e. The molecule has 3 rings (SSSR count). The van der Waals surface area contributed by atoms with Crippen molar-refractivity contribution in [3.05, 3.63) is 64.2 Å². The van der Waals surface area contributed by atoms with E-state index in [1.165, 1.54) is 12.3 Å². The zero-order valence-corrected chi connectivity index (χ0v) is 18.8. The molecule has 1 aliphatic rings. The van der Waals surface area contributed by atoms with Crippen molar-refractivity contribution in [2.75, 3.05) is 6.61 Å². The minimum Gasteiger partial charge on any atom is -0.379 e. The van der Waals surface area contributed by atoms with Crippen LogP contribution in [0.25, 0.3) is 6.08 Å². The Labute approximate surface area is 196 Å². The predicted octanol–water partition coefficient (Wildman–Crippen LogP) is 5.07. The van der Waals surface area contributed by atoms with Crippen molar-refractivity contribution in [1.29, 1.82) is 0 Å². The Morgan fingerprint density at radius 3 is 2.82 bits per heavy atom. The number of hydrogen-bond acceptors (Lipinski definition) is 7. The summed E-state index contributed by atoms with van der Waals surface area (Å²) in [5.41, 5.74) is 6.15. The second-order valence-corrected chi connectivity index (χ2v) is 9.17. The van der Waals surface area contributed by atoms with E-state index in [0.29, 0.717) is 23.8 Å². The number of carbonyl (C=O) groups is 1. The number of nitrogens with two attached hydrogens (primary N) is 1. The third-order valence-electron chi connectivity index (χ3n) is 4.82. The number of nitrogens with zero attached hydrogens (tertiary/aromatic N) is 3. The molecule has 176 valence electrons. The Bertz CT molecular complexity index is 1100. The highest BCUT2D eigenvalue weighted by atomic mass is 35.5. The molecule has 0 aliphatic carbocycles. The molecular formula is C21H19ClF4N4O2S. The van der Waals surface area contributed by atoms with E-state index in [1.807, 2.05) is 0 Å². The molecule has 0 bridgehead atoms. The van der Waals surface area contributed by atoms with E-state index >= 15 is 0 Å². The first-order valence-corrected chi connectivity index (χ1v) is 10.9. The Kier molecular flexibility index (Phi) is 8.09. The molecule has 0 aromatic carbocycles. The van der Waals surface area contributed by atoms with Crippen molar-refractivity contribution < 1.29 is 27.1 Å². The highest BCUT2D eigenvalue weighted by Gasteiger charge is 2.36. The first kappa shape index (κ1) is 25.1. The van der Waals surface area contributed by atoms with Gasteiger partial charge >= 0.3 is 6.61 Å². The summed E-state index contributed by atoms with van der Waals surface area (Å²) >= 11 is 7.22. The minimum absolute atomic E-state index is 0.0419. The van der Waals surface area contributed by atoms with Crippen LogP contribution in [0.15, 0.2) is 41.7 Å². The third-order valence-corrected chi connectivity index (χ3v) is 6.08. The van der Waals surface area contributed by atoms with Gasteiger partial charge in [0.15, 0.2) is 11.0 Å². The summed E-state index contributed by atoms with van der Waals surface area (Å²) < 4.78 is 54.1. The molecule has 2 N–H and O–H groups in total. The van der Waals surface area contributed by atoms with Crippen LogP contribution >= 0.6 is 23.4 Å². The van der Waals surface area contributed by atoms with Crippen LogP contribution in [-0.4, -0.2) is 39.4 Å². The Morgan fingerprint density at radius 2 is 2.15 bits per heavy atom. The monoisotopic (exact) mass is 502 g/mol. The maximum atomic E-state index is 12.7. The van der Waals surface area contributed by atoms with Gasteiger partial charge in [-0.05, 0) is 42.7 Å². The lowest BCUT2D eigenvalue weighted by Crippen LogP contribution is -2.36. The van der Waals surface area contributed by atoms with Crippen molar-refractivity contribution in [2.45, 2.75) is 37.2 Å². The summed E-state index contributed by atoms with van der Waals surface area (Å²) in [6.45, 7) is -1.31. The van der Waals surface area contributed by atoms with Crippen molar-refractivity contribution in [3.8, 4) is 0 Å². The molecule has 2 atom stereocenters. The van der Waals surface area contributed by atoms with Crippen LogP contribution in [0.4, 0.5) is 17.6 Å². The topological polar surface area (TPSA) is 90.5 Å². The fourth-order valence-corrected chi connectivity index (χ4v) is 4.85. The summed E-state index contributed by atoms with van der Waals surface area (Å²) in [7, 11) is 0. The van der Waals surface area contributed by atoms with Crippen LogP contribution < -0.4 is 5.73 Å². The fourth-order valence-electron chi connectivity index (χ4n) is 3.42. The van der Waals surface area contributed by atoms with Crippen molar-refractivity contribution in [3.63, 3.8) is 0 Å². The summed E-state index contributed by atoms with van der Waals surface area (Å²) in [6.07, 6.45) is 1.61. The number of aromatic nitrogens is 2. The number of aliphatic imine (C=N–C) groups is 1. The summed E-state index contributed by atoms with van der Waals surface area (Å²) in [5, 5.41) is -0.164. The highest BCUT2D eigenvalue weighted by molar-refractivity contribution is 8.14. The molecule has 0 saturated heterocycles. The molecule has 2 aromatic rings. The molecule has 0 radical (unpaired) electrons. The third kappa shape index (κ3) is 6.75. The smallest absolute Gasteiger partial charge is 0.345 e. The fraction of sp³-hybridized carbons (Fsp3) is 0.333. The molecule has 0 spiro atoms. The molecule has 3 heterocycles. The number of rotatable bonds is 8. The molecule has 6 nitrogen and oxygen atoms in total. The van der Waals surface area contributed by atoms with Gasteiger partial charge in [0.05, 0.1) is 17.3 Å². The second kappa shape index (κ2) is 10.6. The zero-order chi connectivity index (χ0) is 24.2. The van der Waals surface area contributed by atoms with Gasteiger partial charge in [-0.15, -0.1) is 0 Å². The minimum atomic E-state index is -2.88. The molecule has 0 unspecified atom stereocenters. The molecular weight excluding hydrogens is 484 g/mol. The van der Waals surface area contributed by atoms with Crippen molar-refractivity contribution >= 4 is 40.4 Å². The summed E-state index contributed by atoms with van der Waals surface area (Å²) in [4.78, 5) is 25.4. The van der Waals surface area contributed by atoms with Gasteiger partial charge in [0.25, 0.3) is 6.08 Å². The summed E-state index contributed by atoms with van der Waals surface area (Å²) in [5.74, 6) is -0.413. The number of carbonyl (C=O) groups excluding carboxylic acids is 1. The molecule has 2 aromatic heterocycles. The van der Waals surface area contributed by atoms with Crippen molar-refractivity contribution in [2.24, 2.45) is 10.7 Å². The van der Waals surface area contributed by atoms with Crippen LogP contribution in [0.2, 0.25) is 5.02 Å². The number of hydrogen-bond donors (Lipinski definition) is 1. The van der Waals surface area contributed by atoms with E-state index in [1.54, 1.807) is 19.1 Å². The molecule has 33 heavy (non-hydrogen) atoms. The first-order chi connectivity index (χ1) is 15.6. The molecule has 0 amide bonds. The van der Waals surface area contributed by atoms with Gasteiger partial charge in [0.1, 0.15) is 11.2 Å². The van der Waals surface area contributed by atoms with Crippen LogP contribution in [0.5, 0.6) is 0 Å². The van der Waals surface area contributed by atoms with Crippen LogP contribution in [0, 0.1) is 0 Å². The number of pyridine rings is 2. The number of thioether (sulfide) groups is 1.